The van der Waals surface area contributed by atoms with Gasteiger partial charge in [0.1, 0.15) is 32.1 Å². The van der Waals surface area contributed by atoms with Crippen LogP contribution in [0.15, 0.2) is 181 Å². The van der Waals surface area contributed by atoms with E-state index in [0.29, 0.717) is 5.57 Å². The van der Waals surface area contributed by atoms with Crippen LogP contribution in [0.5, 0.6) is 23.0 Å². The molecular weight excluding hydrogens is 1090 g/mol. The van der Waals surface area contributed by atoms with Gasteiger partial charge in [0.05, 0.1) is 33.6 Å². The Bertz CT molecular complexity index is 3560. The molecule has 7 aromatic rings. The molecule has 0 aromatic heterocycles. The molecule has 19 heteroatoms. The summed E-state index contributed by atoms with van der Waals surface area (Å²) in [5.41, 5.74) is 2.46. The molecule has 2 aliphatic rings. The average Bonchev–Trinajstić information content (AvgIpc) is 1.76. The number of carbonyl (C=O) groups excluding carboxylic acids is 5. The summed E-state index contributed by atoms with van der Waals surface area (Å²) in [6.07, 6.45) is 0.235. The summed E-state index contributed by atoms with van der Waals surface area (Å²) in [6, 6.07) is 46.5. The van der Waals surface area contributed by atoms with E-state index in [2.05, 4.69) is 10.6 Å². The highest BCUT2D eigenvalue weighted by molar-refractivity contribution is 6.06. The van der Waals surface area contributed by atoms with Gasteiger partial charge in [0.15, 0.2) is 34.6 Å². The van der Waals surface area contributed by atoms with Gasteiger partial charge in [0.25, 0.3) is 17.5 Å². The minimum Gasteiger partial charge on any atom is -0.485 e. The first-order valence-corrected chi connectivity index (χ1v) is 27.8. The van der Waals surface area contributed by atoms with Crippen molar-refractivity contribution in [1.82, 2.24) is 20.4 Å². The van der Waals surface area contributed by atoms with Gasteiger partial charge in [-0.2, -0.15) is 0 Å². The number of nitro groups is 1. The lowest BCUT2D eigenvalue weighted by atomic mass is 9.74. The molecule has 0 saturated carbocycles. The van der Waals surface area contributed by atoms with Gasteiger partial charge < -0.3 is 39.2 Å². The predicted octanol–water partition coefficient (Wildman–Crippen LogP) is 10.8. The van der Waals surface area contributed by atoms with E-state index in [1.54, 1.807) is 0 Å². The number of rotatable bonds is 27. The third-order valence-electron chi connectivity index (χ3n) is 14.8. The van der Waals surface area contributed by atoms with Gasteiger partial charge in [0, 0.05) is 50.8 Å². The highest BCUT2D eigenvalue weighted by Crippen LogP contribution is 2.49. The third-order valence-corrected chi connectivity index (χ3v) is 14.8. The van der Waals surface area contributed by atoms with Crippen LogP contribution >= 0.6 is 0 Å². The summed E-state index contributed by atoms with van der Waals surface area (Å²) in [6.45, 7) is 6.03. The van der Waals surface area contributed by atoms with E-state index in [1.165, 1.54) is 29.2 Å². The lowest BCUT2D eigenvalue weighted by Crippen LogP contribution is -2.62. The molecule has 0 spiro atoms. The maximum atomic E-state index is 16.7. The second-order valence-electron chi connectivity index (χ2n) is 20.9. The smallest absolute Gasteiger partial charge is 0.362 e. The van der Waals surface area contributed by atoms with E-state index in [1.807, 2.05) is 147 Å². The molecule has 1 fully saturated rings. The molecular formula is C66H63F2N5O12. The standard InChI is InChI=1S/C66H63F2N5O12/c1-42(2)55-58-43(3)52(59(72(58)64(55)76)66(78)85-65(77)48-25-27-49(28-26-48)73(79)80)37-71(36-34-70-63(75)51-30-32-54(82-39-45-19-10-5-11-20-45)61(57(51)68)84-41-47-23-14-7-15-24-47)35-16-33-69-62(74)50-29-31-53(81-38-44-17-8-4-9-18-44)60(56(50)67)83-40-46-21-12-6-13-22-46/h4-15,17-32,42-43,55,58H,16,33-41H2,1-3H3,(H,69,74)(H,70,75)/t43-,55+,58+/m0/s1. The SMILES string of the molecule is CC(C)[C@H]1C(=O)N2C(C(=O)OC(=O)c3ccc([N+](=O)[O-])cc3)=C(CN(CCCNC(=O)c3ccc(OCc4ccccc4)c(OCc4ccccc4)c3F)CCNC(=O)c3ccc(OCc4ccccc4)c(OCc4ccccc4)c3F)[C@H](C)[C@H]12. The Kier molecular flexibility index (Phi) is 19.7. The number of nitrogens with one attached hydrogen (secondary N) is 2. The number of β-lactam (4-membered cyclic amide) rings is 1. The van der Waals surface area contributed by atoms with Crippen molar-refractivity contribution in [2.45, 2.75) is 59.7 Å². The topological polar surface area (TPSA) is 205 Å². The highest BCUT2D eigenvalue weighted by atomic mass is 19.1. The van der Waals surface area contributed by atoms with Crippen molar-refractivity contribution in [2.75, 3.05) is 32.7 Å². The number of fused-ring (bicyclic) bond motifs is 1. The number of amides is 3. The van der Waals surface area contributed by atoms with E-state index in [4.69, 9.17) is 23.7 Å². The van der Waals surface area contributed by atoms with Crippen molar-refractivity contribution in [3.8, 4) is 23.0 Å². The predicted molar refractivity (Wildman–Crippen MR) is 310 cm³/mol. The van der Waals surface area contributed by atoms with Gasteiger partial charge in [-0.25, -0.2) is 18.4 Å². The van der Waals surface area contributed by atoms with Crippen LogP contribution in [0, 0.1) is 39.5 Å². The molecule has 438 valence electrons. The van der Waals surface area contributed by atoms with E-state index in [-0.39, 0.29) is 128 Å². The van der Waals surface area contributed by atoms with E-state index in [9.17, 15) is 34.1 Å². The molecule has 2 N–H and O–H groups in total. The number of carbonyl (C=O) groups is 5. The number of hydrogen-bond donors (Lipinski definition) is 2. The van der Waals surface area contributed by atoms with Crippen LogP contribution in [0.1, 0.15) is 80.5 Å². The van der Waals surface area contributed by atoms with Crippen LogP contribution in [0.3, 0.4) is 0 Å². The van der Waals surface area contributed by atoms with E-state index >= 15 is 8.78 Å². The third kappa shape index (κ3) is 14.5. The lowest BCUT2D eigenvalue weighted by molar-refractivity contribution is -0.384. The monoisotopic (exact) mass is 1160 g/mol. The number of benzene rings is 7. The number of ether oxygens (including phenoxy) is 5. The number of nitrogens with zero attached hydrogens (tertiary/aromatic N) is 3. The fraction of sp³-hybridized carbons (Fsp3) is 0.258. The quantitative estimate of drug-likeness (QED) is 0.0123. The molecule has 3 amide bonds. The zero-order valence-corrected chi connectivity index (χ0v) is 47.0. The normalized spacial score (nSPS) is 15.2. The Morgan fingerprint density at radius 3 is 1.49 bits per heavy atom. The zero-order chi connectivity index (χ0) is 60.0. The summed E-state index contributed by atoms with van der Waals surface area (Å²) in [5, 5.41) is 16.9. The van der Waals surface area contributed by atoms with Gasteiger partial charge in [-0.3, -0.25) is 29.4 Å². The highest BCUT2D eigenvalue weighted by Gasteiger charge is 2.59. The van der Waals surface area contributed by atoms with E-state index in [0.717, 1.165) is 46.5 Å². The van der Waals surface area contributed by atoms with Gasteiger partial charge in [-0.15, -0.1) is 0 Å². The van der Waals surface area contributed by atoms with Crippen LogP contribution in [-0.4, -0.2) is 83.1 Å². The van der Waals surface area contributed by atoms with Crippen LogP contribution in [-0.2, 0) is 40.8 Å². The van der Waals surface area contributed by atoms with Crippen molar-refractivity contribution in [2.24, 2.45) is 17.8 Å². The fourth-order valence-electron chi connectivity index (χ4n) is 10.3. The number of hydrogen-bond acceptors (Lipinski definition) is 13. The molecule has 0 radical (unpaired) electrons. The summed E-state index contributed by atoms with van der Waals surface area (Å²) < 4.78 is 62.6. The Morgan fingerprint density at radius 2 is 1.05 bits per heavy atom. The maximum Gasteiger partial charge on any atom is 0.362 e. The first-order valence-electron chi connectivity index (χ1n) is 27.8. The summed E-state index contributed by atoms with van der Waals surface area (Å²) in [4.78, 5) is 83.3. The summed E-state index contributed by atoms with van der Waals surface area (Å²) >= 11 is 0. The maximum absolute atomic E-state index is 16.7. The average molecular weight is 1160 g/mol. The molecule has 1 saturated heterocycles. The van der Waals surface area contributed by atoms with Gasteiger partial charge >= 0.3 is 11.9 Å². The molecule has 0 bridgehead atoms. The summed E-state index contributed by atoms with van der Waals surface area (Å²) in [7, 11) is 0. The van der Waals surface area contributed by atoms with Gasteiger partial charge in [-0.1, -0.05) is 142 Å². The largest absolute Gasteiger partial charge is 0.485 e. The van der Waals surface area contributed by atoms with Crippen molar-refractivity contribution in [3.63, 3.8) is 0 Å². The van der Waals surface area contributed by atoms with Crippen molar-refractivity contribution in [1.29, 1.82) is 0 Å². The zero-order valence-electron chi connectivity index (χ0n) is 47.0. The number of nitro benzene ring substituents is 1. The van der Waals surface area contributed by atoms with E-state index < -0.39 is 58.2 Å². The van der Waals surface area contributed by atoms with Crippen LogP contribution in [0.25, 0.3) is 0 Å². The van der Waals surface area contributed by atoms with Crippen molar-refractivity contribution >= 4 is 35.3 Å². The molecule has 7 aromatic carbocycles. The number of non-ortho nitro benzene ring substituents is 1. The fourth-order valence-corrected chi connectivity index (χ4v) is 10.3. The molecule has 0 unspecified atom stereocenters. The molecule has 2 heterocycles. The first kappa shape index (κ1) is 59.9. The molecule has 3 atom stereocenters. The van der Waals surface area contributed by atoms with Crippen LogP contribution in [0.4, 0.5) is 14.5 Å². The summed E-state index contributed by atoms with van der Waals surface area (Å²) in [5.74, 6) is -7.25. The molecule has 0 aliphatic carbocycles. The minimum atomic E-state index is -1.11. The molecule has 85 heavy (non-hydrogen) atoms. The second kappa shape index (κ2) is 28.0. The molecule has 2 aliphatic heterocycles. The minimum absolute atomic E-state index is 0.00724. The number of esters is 2. The molecule has 17 nitrogen and oxygen atoms in total. The van der Waals surface area contributed by atoms with Gasteiger partial charge in [0.2, 0.25) is 5.91 Å². The first-order chi connectivity index (χ1) is 41.2. The van der Waals surface area contributed by atoms with Crippen molar-refractivity contribution < 1.29 is 61.4 Å². The Hall–Kier alpha value is -9.75. The Balaban J connectivity index is 0.949. The van der Waals surface area contributed by atoms with Crippen LogP contribution < -0.4 is 29.6 Å². The Morgan fingerprint density at radius 1 is 0.600 bits per heavy atom. The number of halogens is 2. The Labute approximate surface area is 490 Å². The lowest BCUT2D eigenvalue weighted by Gasteiger charge is -2.47. The second-order valence-corrected chi connectivity index (χ2v) is 20.9. The molecule has 9 rings (SSSR count). The van der Waals surface area contributed by atoms with Gasteiger partial charge in [-0.05, 0) is 76.6 Å². The van der Waals surface area contributed by atoms with Crippen LogP contribution in [0.2, 0.25) is 0 Å². The van der Waals surface area contributed by atoms with Crippen molar-refractivity contribution in [3.05, 3.63) is 242 Å².